The van der Waals surface area contributed by atoms with Gasteiger partial charge in [0.25, 0.3) is 0 Å². The van der Waals surface area contributed by atoms with Crippen LogP contribution in [0.3, 0.4) is 0 Å². The summed E-state index contributed by atoms with van der Waals surface area (Å²) in [5, 5.41) is 28.9. The molecule has 0 aliphatic heterocycles. The number of carboxylic acid groups (broad SMARTS) is 1. The van der Waals surface area contributed by atoms with Crippen molar-refractivity contribution in [1.82, 2.24) is 4.98 Å². The molecule has 3 N–H and O–H groups in total. The highest BCUT2D eigenvalue weighted by Gasteiger charge is 2.60. The van der Waals surface area contributed by atoms with E-state index in [9.17, 15) is 24.5 Å². The van der Waals surface area contributed by atoms with Gasteiger partial charge in [0.15, 0.2) is 0 Å². The summed E-state index contributed by atoms with van der Waals surface area (Å²) in [6.45, 7) is 4.88. The normalized spacial score (nSPS) is 25.5. The van der Waals surface area contributed by atoms with E-state index in [1.807, 2.05) is 26.0 Å². The molecule has 6 rings (SSSR count). The summed E-state index contributed by atoms with van der Waals surface area (Å²) in [6.07, 6.45) is 3.50. The average molecular weight is 566 g/mol. The van der Waals surface area contributed by atoms with Gasteiger partial charge in [-0.1, -0.05) is 0 Å². The van der Waals surface area contributed by atoms with Gasteiger partial charge in [-0.25, -0.2) is 13.8 Å². The number of aromatic nitrogens is 1. The number of fused-ring (bicyclic) bond motifs is 3. The van der Waals surface area contributed by atoms with Gasteiger partial charge in [-0.15, -0.1) is 0 Å². The molecule has 3 aliphatic carbocycles. The number of aryl methyl sites for hydroxylation is 2. The van der Waals surface area contributed by atoms with Crippen LogP contribution in [-0.4, -0.2) is 44.6 Å². The van der Waals surface area contributed by atoms with E-state index in [0.29, 0.717) is 36.5 Å². The van der Waals surface area contributed by atoms with Gasteiger partial charge in [-0.3, -0.25) is 4.79 Å². The minimum absolute atomic E-state index is 0.0117. The number of hydrogen-bond acceptors (Lipinski definition) is 6. The number of rotatable bonds is 9. The fraction of sp³-hybridized carbons (Fsp3) is 0.438. The van der Waals surface area contributed by atoms with Gasteiger partial charge in [-0.2, -0.15) is 0 Å². The molecule has 3 aliphatic rings. The van der Waals surface area contributed by atoms with Gasteiger partial charge in [0.2, 0.25) is 5.88 Å². The molecule has 4 atom stereocenters. The third-order valence-corrected chi connectivity index (χ3v) is 9.15. The van der Waals surface area contributed by atoms with Gasteiger partial charge in [-0.05, 0) is 97.9 Å². The molecule has 1 unspecified atom stereocenters. The molecule has 1 aromatic heterocycles. The number of hydrogen-bond donors (Lipinski definition) is 3. The van der Waals surface area contributed by atoms with Crippen molar-refractivity contribution in [3.63, 3.8) is 0 Å². The highest BCUT2D eigenvalue weighted by atomic mass is 19.1. The lowest BCUT2D eigenvalue weighted by Gasteiger charge is -2.43. The van der Waals surface area contributed by atoms with Crippen LogP contribution in [0.1, 0.15) is 53.5 Å². The van der Waals surface area contributed by atoms with E-state index in [1.165, 1.54) is 6.07 Å². The fourth-order valence-corrected chi connectivity index (χ4v) is 6.64. The Bertz CT molecular complexity index is 1510. The molecule has 2 saturated carbocycles. The first-order valence-electron chi connectivity index (χ1n) is 13.9. The van der Waals surface area contributed by atoms with Crippen LogP contribution in [0.4, 0.5) is 8.78 Å². The Morgan fingerprint density at radius 1 is 1.10 bits per heavy atom. The zero-order valence-electron chi connectivity index (χ0n) is 23.2. The third-order valence-electron chi connectivity index (χ3n) is 9.15. The Morgan fingerprint density at radius 3 is 2.46 bits per heavy atom. The maximum atomic E-state index is 15.1. The topological polar surface area (TPSA) is 109 Å². The molecule has 2 aromatic carbocycles. The molecule has 9 heteroatoms. The number of ether oxygens (including phenoxy) is 2. The van der Waals surface area contributed by atoms with Crippen LogP contribution in [0.25, 0.3) is 11.1 Å². The number of halogens is 2. The fourth-order valence-electron chi connectivity index (χ4n) is 6.64. The number of nitrogens with zero attached hydrogens (tertiary/aromatic N) is 1. The summed E-state index contributed by atoms with van der Waals surface area (Å²) in [6, 6.07) is 7.77. The minimum Gasteiger partial charge on any atom is -0.490 e. The Kier molecular flexibility index (Phi) is 6.77. The van der Waals surface area contributed by atoms with Crippen molar-refractivity contribution in [2.24, 2.45) is 17.8 Å². The number of pyridine rings is 1. The van der Waals surface area contributed by atoms with Crippen molar-refractivity contribution in [2.45, 2.75) is 64.3 Å². The van der Waals surface area contributed by atoms with Crippen molar-refractivity contribution in [1.29, 1.82) is 0 Å². The summed E-state index contributed by atoms with van der Waals surface area (Å²) in [5.74, 6) is -1.47. The van der Waals surface area contributed by atoms with Gasteiger partial charge in [0, 0.05) is 35.4 Å². The summed E-state index contributed by atoms with van der Waals surface area (Å²) >= 11 is 0. The highest BCUT2D eigenvalue weighted by molar-refractivity contribution is 5.78. The second-order valence-corrected chi connectivity index (χ2v) is 12.0. The molecule has 2 fully saturated rings. The summed E-state index contributed by atoms with van der Waals surface area (Å²) in [4.78, 5) is 15.6. The van der Waals surface area contributed by atoms with Crippen LogP contribution in [0, 0.1) is 43.2 Å². The molecule has 1 heterocycles. The van der Waals surface area contributed by atoms with Crippen LogP contribution < -0.4 is 9.47 Å². The Hall–Kier alpha value is -3.56. The van der Waals surface area contributed by atoms with E-state index in [2.05, 4.69) is 4.98 Å². The molecule has 41 heavy (non-hydrogen) atoms. The van der Waals surface area contributed by atoms with E-state index in [-0.39, 0.29) is 54.1 Å². The molecule has 7 nitrogen and oxygen atoms in total. The molecule has 0 spiro atoms. The lowest BCUT2D eigenvalue weighted by molar-refractivity contribution is -0.139. The van der Waals surface area contributed by atoms with Crippen molar-refractivity contribution < 1.29 is 38.4 Å². The number of carboxylic acids is 1. The molecular formula is C32H33F2NO6. The molecule has 216 valence electrons. The monoisotopic (exact) mass is 565 g/mol. The maximum Gasteiger partial charge on any atom is 0.307 e. The SMILES string of the molecule is Cc1cc(O[C@H]2C[C@@H](C(C)(O)CO)C2)cc(C)c1-c1cc(COc2cc3c(cn2)[C@H]2[C@@H](C3)[C@@H]2C(=O)O)c(F)cc1F. The van der Waals surface area contributed by atoms with E-state index in [1.54, 1.807) is 19.2 Å². The van der Waals surface area contributed by atoms with Crippen LogP contribution >= 0.6 is 0 Å². The largest absolute Gasteiger partial charge is 0.490 e. The zero-order chi connectivity index (χ0) is 29.2. The van der Waals surface area contributed by atoms with Crippen molar-refractivity contribution >= 4 is 5.97 Å². The summed E-state index contributed by atoms with van der Waals surface area (Å²) in [5.41, 5.74) is 3.46. The zero-order valence-corrected chi connectivity index (χ0v) is 23.2. The van der Waals surface area contributed by atoms with Crippen LogP contribution in [-0.2, 0) is 17.8 Å². The number of aliphatic hydroxyl groups excluding tert-OH is 1. The Morgan fingerprint density at radius 2 is 1.80 bits per heavy atom. The van der Waals surface area contributed by atoms with Crippen LogP contribution in [0.5, 0.6) is 11.6 Å². The highest BCUT2D eigenvalue weighted by Crippen LogP contribution is 2.61. The average Bonchev–Trinajstić information content (AvgIpc) is 3.48. The van der Waals surface area contributed by atoms with Crippen molar-refractivity contribution in [3.05, 3.63) is 76.0 Å². The Balaban J connectivity index is 1.16. The third kappa shape index (κ3) is 4.95. The maximum absolute atomic E-state index is 15.1. The van der Waals surface area contributed by atoms with E-state index < -0.39 is 23.2 Å². The van der Waals surface area contributed by atoms with Crippen molar-refractivity contribution in [3.8, 4) is 22.8 Å². The first-order valence-corrected chi connectivity index (χ1v) is 13.9. The van der Waals surface area contributed by atoms with E-state index in [0.717, 1.165) is 28.3 Å². The standard InChI is InChI=1S/C32H33F2NO6/c1-15-4-20(41-21-9-19(10-21)32(3,39)14-36)5-16(2)28(15)22-7-18(25(33)11-26(22)34)13-40-27-8-17-6-23-29(24(17)12-35-27)30(23)31(37)38/h4-5,7-8,11-12,19,21,23,29-30,36,39H,6,9-10,13-14H2,1-3H3,(H,37,38)/t19-,21+,23-,29-,30+,32?/m1/s1. The van der Waals surface area contributed by atoms with Gasteiger partial charge < -0.3 is 24.8 Å². The molecule has 0 bridgehead atoms. The van der Waals surface area contributed by atoms with Gasteiger partial charge in [0.1, 0.15) is 24.0 Å². The van der Waals surface area contributed by atoms with Gasteiger partial charge >= 0.3 is 5.97 Å². The number of aliphatic hydroxyl groups is 2. The van der Waals surface area contributed by atoms with Crippen LogP contribution in [0.2, 0.25) is 0 Å². The van der Waals surface area contributed by atoms with E-state index >= 15 is 4.39 Å². The first kappa shape index (κ1) is 27.6. The molecule has 0 saturated heterocycles. The van der Waals surface area contributed by atoms with Crippen LogP contribution in [0.15, 0.2) is 36.5 Å². The second kappa shape index (κ2) is 10.1. The smallest absolute Gasteiger partial charge is 0.307 e. The quantitative estimate of drug-likeness (QED) is 0.332. The number of aliphatic carboxylic acids is 1. The molecule has 3 aromatic rings. The second-order valence-electron chi connectivity index (χ2n) is 12.0. The Labute approximate surface area is 236 Å². The summed E-state index contributed by atoms with van der Waals surface area (Å²) < 4.78 is 41.7. The predicted octanol–water partition coefficient (Wildman–Crippen LogP) is 5.09. The number of benzene rings is 2. The lowest BCUT2D eigenvalue weighted by atomic mass is 9.72. The minimum atomic E-state index is -1.13. The first-order chi connectivity index (χ1) is 19.5. The molecule has 0 amide bonds. The molecule has 0 radical (unpaired) electrons. The predicted molar refractivity (Wildman–Crippen MR) is 146 cm³/mol. The molecular weight excluding hydrogens is 532 g/mol. The van der Waals surface area contributed by atoms with Crippen molar-refractivity contribution in [2.75, 3.05) is 6.61 Å². The summed E-state index contributed by atoms with van der Waals surface area (Å²) in [7, 11) is 0. The van der Waals surface area contributed by atoms with E-state index in [4.69, 9.17) is 9.47 Å². The number of carbonyl (C=O) groups is 1. The lowest BCUT2D eigenvalue weighted by Crippen LogP contribution is -2.49. The van der Waals surface area contributed by atoms with Gasteiger partial charge in [0.05, 0.1) is 24.2 Å².